The Labute approximate surface area is 202 Å². The summed E-state index contributed by atoms with van der Waals surface area (Å²) in [5.74, 6) is 2.21. The van der Waals surface area contributed by atoms with Gasteiger partial charge in [-0.1, -0.05) is 24.3 Å². The van der Waals surface area contributed by atoms with Crippen LogP contribution in [0, 0.1) is 0 Å². The molecule has 0 aliphatic heterocycles. The molecule has 7 heteroatoms. The van der Waals surface area contributed by atoms with Gasteiger partial charge in [-0.15, -0.1) is 0 Å². The van der Waals surface area contributed by atoms with E-state index >= 15 is 0 Å². The summed E-state index contributed by atoms with van der Waals surface area (Å²) in [6, 6.07) is 23.8. The molecule has 0 unspecified atom stereocenters. The van der Waals surface area contributed by atoms with Crippen LogP contribution < -0.4 is 25.3 Å². The smallest absolute Gasteiger partial charge is 0.256 e. The zero-order valence-corrected chi connectivity index (χ0v) is 19.2. The van der Waals surface area contributed by atoms with E-state index in [1.54, 1.807) is 44.7 Å². The van der Waals surface area contributed by atoms with Crippen molar-refractivity contribution in [3.05, 3.63) is 90.6 Å². The Bertz CT molecular complexity index is 1570. The maximum atomic E-state index is 13.0. The lowest BCUT2D eigenvalue weighted by atomic mass is 10.0. The fourth-order valence-electron chi connectivity index (χ4n) is 3.99. The van der Waals surface area contributed by atoms with Crippen LogP contribution in [0.3, 0.4) is 0 Å². The molecule has 1 aromatic heterocycles. The third kappa shape index (κ3) is 4.27. The number of carbonyl (C=O) groups is 1. The van der Waals surface area contributed by atoms with Crippen molar-refractivity contribution in [2.75, 3.05) is 25.3 Å². The fourth-order valence-corrected chi connectivity index (χ4v) is 3.99. The predicted molar refractivity (Wildman–Crippen MR) is 138 cm³/mol. The van der Waals surface area contributed by atoms with Crippen LogP contribution in [0.25, 0.3) is 21.7 Å². The van der Waals surface area contributed by atoms with Gasteiger partial charge < -0.3 is 25.3 Å². The lowest BCUT2D eigenvalue weighted by molar-refractivity contribution is 0.102. The molecule has 0 aliphatic rings. The summed E-state index contributed by atoms with van der Waals surface area (Å²) in [6.07, 6.45) is 1.68. The number of benzene rings is 4. The van der Waals surface area contributed by atoms with Crippen molar-refractivity contribution in [1.82, 2.24) is 4.98 Å². The van der Waals surface area contributed by atoms with Crippen LogP contribution in [-0.2, 0) is 0 Å². The van der Waals surface area contributed by atoms with Gasteiger partial charge in [0.05, 0.1) is 31.1 Å². The van der Waals surface area contributed by atoms with Gasteiger partial charge in [0.2, 0.25) is 0 Å². The van der Waals surface area contributed by atoms with Crippen LogP contribution in [0.15, 0.2) is 85.1 Å². The largest absolute Gasteiger partial charge is 0.493 e. The van der Waals surface area contributed by atoms with Gasteiger partial charge in [0.25, 0.3) is 5.91 Å². The zero-order valence-electron chi connectivity index (χ0n) is 19.2. The van der Waals surface area contributed by atoms with Gasteiger partial charge in [-0.25, -0.2) is 0 Å². The number of para-hydroxylation sites is 2. The maximum Gasteiger partial charge on any atom is 0.256 e. The number of ether oxygens (including phenoxy) is 3. The summed E-state index contributed by atoms with van der Waals surface area (Å²) in [7, 11) is 3.17. The lowest BCUT2D eigenvalue weighted by Crippen LogP contribution is -2.13. The number of aromatic nitrogens is 1. The number of amides is 1. The summed E-state index contributed by atoms with van der Waals surface area (Å²) < 4.78 is 17.0. The molecule has 5 rings (SSSR count). The van der Waals surface area contributed by atoms with Crippen molar-refractivity contribution in [3.63, 3.8) is 0 Å². The molecule has 0 saturated carbocycles. The molecule has 174 valence electrons. The molecule has 0 bridgehead atoms. The molecule has 0 radical (unpaired) electrons. The van der Waals surface area contributed by atoms with Gasteiger partial charge in [0.1, 0.15) is 11.5 Å². The maximum absolute atomic E-state index is 13.0. The van der Waals surface area contributed by atoms with E-state index in [1.807, 2.05) is 54.6 Å². The van der Waals surface area contributed by atoms with E-state index in [4.69, 9.17) is 19.9 Å². The van der Waals surface area contributed by atoms with E-state index < -0.39 is 0 Å². The van der Waals surface area contributed by atoms with Gasteiger partial charge >= 0.3 is 0 Å². The minimum atomic E-state index is -0.233. The second-order valence-corrected chi connectivity index (χ2v) is 7.87. The average molecular weight is 466 g/mol. The quantitative estimate of drug-likeness (QED) is 0.297. The highest BCUT2D eigenvalue weighted by Crippen LogP contribution is 2.37. The van der Waals surface area contributed by atoms with E-state index in [9.17, 15) is 4.79 Å². The van der Waals surface area contributed by atoms with Crippen LogP contribution in [0.4, 0.5) is 11.4 Å². The Morgan fingerprint density at radius 1 is 0.829 bits per heavy atom. The van der Waals surface area contributed by atoms with Crippen LogP contribution >= 0.6 is 0 Å². The highest BCUT2D eigenvalue weighted by Gasteiger charge is 2.14. The number of anilines is 2. The average Bonchev–Trinajstić information content (AvgIpc) is 2.88. The number of methoxy groups -OCH3 is 2. The summed E-state index contributed by atoms with van der Waals surface area (Å²) >= 11 is 0. The Balaban J connectivity index is 1.48. The first-order chi connectivity index (χ1) is 17.1. The molecular weight excluding hydrogens is 442 g/mol. The first kappa shape index (κ1) is 22.0. The van der Waals surface area contributed by atoms with Gasteiger partial charge in [0.15, 0.2) is 11.5 Å². The van der Waals surface area contributed by atoms with E-state index in [0.717, 1.165) is 21.7 Å². The number of carbonyl (C=O) groups excluding carboxylic acids is 1. The highest BCUT2D eigenvalue weighted by atomic mass is 16.5. The number of fused-ring (bicyclic) bond motifs is 2. The van der Waals surface area contributed by atoms with E-state index in [1.165, 1.54) is 0 Å². The molecule has 4 aromatic carbocycles. The molecule has 5 aromatic rings. The van der Waals surface area contributed by atoms with Crippen molar-refractivity contribution in [3.8, 4) is 23.0 Å². The number of nitrogens with two attached hydrogens (primary N) is 1. The van der Waals surface area contributed by atoms with Crippen molar-refractivity contribution in [2.24, 2.45) is 0 Å². The first-order valence-corrected chi connectivity index (χ1v) is 10.9. The first-order valence-electron chi connectivity index (χ1n) is 10.9. The number of rotatable bonds is 6. The fraction of sp³-hybridized carbons (Fsp3) is 0.0714. The van der Waals surface area contributed by atoms with E-state index in [-0.39, 0.29) is 5.91 Å². The lowest BCUT2D eigenvalue weighted by Gasteiger charge is -2.13. The number of hydrogen-bond acceptors (Lipinski definition) is 6. The number of nitrogens with one attached hydrogen (secondary N) is 1. The summed E-state index contributed by atoms with van der Waals surface area (Å²) in [4.78, 5) is 17.4. The highest BCUT2D eigenvalue weighted by molar-refractivity contribution is 6.13. The summed E-state index contributed by atoms with van der Waals surface area (Å²) in [5.41, 5.74) is 8.33. The zero-order chi connectivity index (χ0) is 24.4. The third-order valence-corrected chi connectivity index (χ3v) is 5.74. The molecule has 3 N–H and O–H groups in total. The van der Waals surface area contributed by atoms with Crippen LogP contribution in [0.5, 0.6) is 23.0 Å². The molecule has 0 aliphatic carbocycles. The SMILES string of the molecule is COc1cc2nccc(Oc3ccc4c(C(=O)Nc5ccccc5N)cccc4c3)c2cc1OC. The summed E-state index contributed by atoms with van der Waals surface area (Å²) in [5, 5.41) is 5.35. The van der Waals surface area contributed by atoms with Crippen molar-refractivity contribution in [1.29, 1.82) is 0 Å². The molecule has 35 heavy (non-hydrogen) atoms. The summed E-state index contributed by atoms with van der Waals surface area (Å²) in [6.45, 7) is 0. The number of pyridine rings is 1. The Kier molecular flexibility index (Phi) is 5.81. The minimum absolute atomic E-state index is 0.233. The molecule has 0 saturated heterocycles. The molecule has 0 atom stereocenters. The van der Waals surface area contributed by atoms with Crippen LogP contribution in [-0.4, -0.2) is 25.1 Å². The van der Waals surface area contributed by atoms with E-state index in [0.29, 0.717) is 39.9 Å². The Hall–Kier alpha value is -4.78. The van der Waals surface area contributed by atoms with Crippen molar-refractivity contribution >= 4 is 39.0 Å². The van der Waals surface area contributed by atoms with Gasteiger partial charge in [-0.3, -0.25) is 9.78 Å². The number of nitrogens with zero attached hydrogens (tertiary/aromatic N) is 1. The van der Waals surface area contributed by atoms with Gasteiger partial charge in [0, 0.05) is 23.2 Å². The van der Waals surface area contributed by atoms with E-state index in [2.05, 4.69) is 10.3 Å². The monoisotopic (exact) mass is 465 g/mol. The van der Waals surface area contributed by atoms with Gasteiger partial charge in [-0.2, -0.15) is 0 Å². The topological polar surface area (TPSA) is 95.7 Å². The standard InChI is InChI=1S/C28H23N3O4/c1-33-26-15-21-24(16-27(26)34-2)30-13-12-25(21)35-18-10-11-19-17(14-18)6-5-7-20(19)28(32)31-23-9-4-3-8-22(23)29/h3-16H,29H2,1-2H3,(H,31,32). The molecule has 1 amide bonds. The molecular formula is C28H23N3O4. The van der Waals surface area contributed by atoms with Gasteiger partial charge in [-0.05, 0) is 59.3 Å². The Morgan fingerprint density at radius 3 is 2.43 bits per heavy atom. The number of hydrogen-bond donors (Lipinski definition) is 2. The Morgan fingerprint density at radius 2 is 1.63 bits per heavy atom. The molecule has 0 spiro atoms. The molecule has 0 fully saturated rings. The second-order valence-electron chi connectivity index (χ2n) is 7.87. The molecule has 1 heterocycles. The van der Waals surface area contributed by atoms with Crippen molar-refractivity contribution in [2.45, 2.75) is 0 Å². The normalized spacial score (nSPS) is 10.8. The van der Waals surface area contributed by atoms with Crippen LogP contribution in [0.2, 0.25) is 0 Å². The third-order valence-electron chi connectivity index (χ3n) is 5.74. The minimum Gasteiger partial charge on any atom is -0.493 e. The molecule has 7 nitrogen and oxygen atoms in total. The predicted octanol–water partition coefficient (Wildman–Crippen LogP) is 6.03. The van der Waals surface area contributed by atoms with Crippen LogP contribution in [0.1, 0.15) is 10.4 Å². The second kappa shape index (κ2) is 9.23. The van der Waals surface area contributed by atoms with Crippen molar-refractivity contribution < 1.29 is 19.0 Å². The number of nitrogen functional groups attached to an aromatic ring is 1.